The number of nitrogens with zero attached hydrogens (tertiary/aromatic N) is 1. The third-order valence-electron chi connectivity index (χ3n) is 5.35. The third-order valence-corrected chi connectivity index (χ3v) is 5.35. The largest absolute Gasteiger partial charge is 0.511 e. The number of benzene rings is 1. The molecular weight excluding hydrogens is 442 g/mol. The number of nitrogens with one attached hydrogen (secondary N) is 2. The molecule has 1 aliphatic rings. The second-order valence-corrected chi connectivity index (χ2v) is 7.22. The van der Waals surface area contributed by atoms with Gasteiger partial charge in [0, 0.05) is 61.9 Å². The molecule has 4 rings (SSSR count). The minimum Gasteiger partial charge on any atom is -0.504 e. The van der Waals surface area contributed by atoms with E-state index in [2.05, 4.69) is 19.6 Å². The number of ether oxygens (including phenoxy) is 3. The van der Waals surface area contributed by atoms with E-state index < -0.39 is 23.2 Å². The first-order chi connectivity index (χ1) is 14.9. The maximum Gasteiger partial charge on any atom is 0.511 e. The van der Waals surface area contributed by atoms with E-state index in [1.54, 1.807) is 7.11 Å². The minimum atomic E-state index is -1.68. The van der Waals surface area contributed by atoms with E-state index in [0.29, 0.717) is 35.7 Å². The lowest BCUT2D eigenvalue weighted by Crippen LogP contribution is -2.19. The fraction of sp³-hybridized carbons (Fsp3) is 0.333. The van der Waals surface area contributed by atoms with Crippen LogP contribution >= 0.6 is 12.4 Å². The number of halogens is 1. The molecule has 4 N–H and O–H groups in total. The molecule has 0 amide bonds. The van der Waals surface area contributed by atoms with E-state index in [0.717, 1.165) is 23.1 Å². The molecule has 10 nitrogen and oxygen atoms in total. The topological polar surface area (TPSA) is 135 Å². The van der Waals surface area contributed by atoms with Gasteiger partial charge in [-0.05, 0) is 12.1 Å². The molecule has 0 atom stereocenters. The molecule has 172 valence electrons. The maximum atomic E-state index is 12.4. The molecule has 0 unspecified atom stereocenters. The summed E-state index contributed by atoms with van der Waals surface area (Å²) in [5.41, 5.74) is 2.56. The normalized spacial score (nSPS) is 12.3. The van der Waals surface area contributed by atoms with Crippen LogP contribution in [0.2, 0.25) is 0 Å². The van der Waals surface area contributed by atoms with Crippen molar-refractivity contribution in [3.8, 4) is 28.5 Å². The Kier molecular flexibility index (Phi) is 6.97. The highest BCUT2D eigenvalue weighted by molar-refractivity contribution is 5.90. The molecule has 32 heavy (non-hydrogen) atoms. The first kappa shape index (κ1) is 23.5. The standard InChI is InChI=1S/C21H23N3O7.ClH/c1-24-12(10-22-4-6-29-2)7-11-8-14-16(9-15(11)24)30-5-3-13-17(14)23-20(26)19(18(13)25)31-21(27)28;/h7-9,22H,3-6,10H2,1-2H3,(H,27,28)(H2,23,25,26);1H. The Morgan fingerprint density at radius 3 is 2.84 bits per heavy atom. The predicted octanol–water partition coefficient (Wildman–Crippen LogP) is 2.39. The molecule has 0 fully saturated rings. The second-order valence-electron chi connectivity index (χ2n) is 7.22. The van der Waals surface area contributed by atoms with Crippen LogP contribution in [-0.2, 0) is 24.8 Å². The molecule has 11 heteroatoms. The molecule has 0 spiro atoms. The average molecular weight is 466 g/mol. The van der Waals surface area contributed by atoms with Gasteiger partial charge in [-0.3, -0.25) is 4.79 Å². The van der Waals surface area contributed by atoms with Gasteiger partial charge in [0.05, 0.1) is 24.4 Å². The van der Waals surface area contributed by atoms with Crippen molar-refractivity contribution in [3.05, 3.63) is 39.8 Å². The number of rotatable bonds is 6. The number of aromatic amines is 1. The quantitative estimate of drug-likeness (QED) is 0.322. The van der Waals surface area contributed by atoms with Crippen molar-refractivity contribution in [2.24, 2.45) is 7.05 Å². The van der Waals surface area contributed by atoms with Crippen molar-refractivity contribution in [3.63, 3.8) is 0 Å². The molecule has 0 radical (unpaired) electrons. The van der Waals surface area contributed by atoms with Crippen molar-refractivity contribution in [1.82, 2.24) is 14.9 Å². The highest BCUT2D eigenvalue weighted by Crippen LogP contribution is 2.41. The SMILES string of the molecule is COCCNCc1cc2cc3c(cc2n1C)OCCc1c-3[nH]c(=O)c(OC(=O)O)c1O.Cl. The fourth-order valence-electron chi connectivity index (χ4n) is 3.83. The van der Waals surface area contributed by atoms with Crippen LogP contribution in [0, 0.1) is 0 Å². The van der Waals surface area contributed by atoms with E-state index in [1.165, 1.54) is 0 Å². The van der Waals surface area contributed by atoms with Gasteiger partial charge in [-0.25, -0.2) is 4.79 Å². The summed E-state index contributed by atoms with van der Waals surface area (Å²) < 4.78 is 17.5. The Morgan fingerprint density at radius 1 is 1.34 bits per heavy atom. The smallest absolute Gasteiger partial charge is 0.504 e. The minimum absolute atomic E-state index is 0. The Hall–Kier alpha value is -3.21. The molecule has 1 aromatic carbocycles. The first-order valence-electron chi connectivity index (χ1n) is 9.74. The molecule has 1 aliphatic heterocycles. The number of methoxy groups -OCH3 is 1. The summed E-state index contributed by atoms with van der Waals surface area (Å²) in [4.78, 5) is 25.9. The van der Waals surface area contributed by atoms with Gasteiger partial charge in [0.1, 0.15) is 5.75 Å². The van der Waals surface area contributed by atoms with Crippen molar-refractivity contribution in [2.75, 3.05) is 26.9 Å². The van der Waals surface area contributed by atoms with Crippen LogP contribution < -0.4 is 20.3 Å². The van der Waals surface area contributed by atoms with Gasteiger partial charge >= 0.3 is 6.16 Å². The maximum absolute atomic E-state index is 12.4. The van der Waals surface area contributed by atoms with Crippen LogP contribution in [0.25, 0.3) is 22.2 Å². The molecule has 0 bridgehead atoms. The van der Waals surface area contributed by atoms with E-state index in [4.69, 9.17) is 14.6 Å². The Balaban J connectivity index is 0.00000289. The van der Waals surface area contributed by atoms with Crippen LogP contribution in [-0.4, -0.2) is 52.8 Å². The number of carbonyl (C=O) groups is 1. The third kappa shape index (κ3) is 4.24. The zero-order valence-electron chi connectivity index (χ0n) is 17.6. The molecule has 3 aromatic rings. The number of pyridine rings is 1. The Bertz CT molecular complexity index is 1220. The summed E-state index contributed by atoms with van der Waals surface area (Å²) in [6.07, 6.45) is -1.41. The Morgan fingerprint density at radius 2 is 2.12 bits per heavy atom. The van der Waals surface area contributed by atoms with E-state index in [-0.39, 0.29) is 25.4 Å². The number of aromatic hydroxyl groups is 1. The predicted molar refractivity (Wildman–Crippen MR) is 119 cm³/mol. The Labute approximate surface area is 189 Å². The number of hydrogen-bond acceptors (Lipinski definition) is 7. The van der Waals surface area contributed by atoms with Crippen LogP contribution in [0.4, 0.5) is 4.79 Å². The molecule has 2 aromatic heterocycles. The summed E-state index contributed by atoms with van der Waals surface area (Å²) in [6.45, 7) is 2.25. The van der Waals surface area contributed by atoms with Gasteiger partial charge in [0.25, 0.3) is 5.56 Å². The van der Waals surface area contributed by atoms with Crippen molar-refractivity contribution < 1.29 is 29.2 Å². The van der Waals surface area contributed by atoms with Gasteiger partial charge < -0.3 is 39.3 Å². The van der Waals surface area contributed by atoms with Gasteiger partial charge in [-0.1, -0.05) is 0 Å². The average Bonchev–Trinajstić information content (AvgIpc) is 2.92. The molecule has 0 saturated heterocycles. The second kappa shape index (κ2) is 9.51. The lowest BCUT2D eigenvalue weighted by Gasteiger charge is -2.12. The molecule has 0 aliphatic carbocycles. The van der Waals surface area contributed by atoms with Gasteiger partial charge in [0.15, 0.2) is 5.75 Å². The summed E-state index contributed by atoms with van der Waals surface area (Å²) in [5, 5.41) is 23.6. The van der Waals surface area contributed by atoms with E-state index >= 15 is 0 Å². The number of carboxylic acid groups (broad SMARTS) is 1. The zero-order chi connectivity index (χ0) is 22.1. The highest BCUT2D eigenvalue weighted by atomic mass is 35.5. The molecule has 3 heterocycles. The first-order valence-corrected chi connectivity index (χ1v) is 9.74. The lowest BCUT2D eigenvalue weighted by molar-refractivity contribution is 0.142. The zero-order valence-corrected chi connectivity index (χ0v) is 18.4. The van der Waals surface area contributed by atoms with Crippen molar-refractivity contribution in [1.29, 1.82) is 0 Å². The monoisotopic (exact) mass is 465 g/mol. The number of hydrogen-bond donors (Lipinski definition) is 4. The van der Waals surface area contributed by atoms with Gasteiger partial charge in [-0.15, -0.1) is 12.4 Å². The van der Waals surface area contributed by atoms with E-state index in [9.17, 15) is 14.7 Å². The number of fused-ring (bicyclic) bond motifs is 4. The van der Waals surface area contributed by atoms with Gasteiger partial charge in [-0.2, -0.15) is 0 Å². The van der Waals surface area contributed by atoms with Crippen LogP contribution in [0.5, 0.6) is 17.2 Å². The fourth-order valence-corrected chi connectivity index (χ4v) is 3.83. The van der Waals surface area contributed by atoms with Crippen LogP contribution in [0.15, 0.2) is 23.0 Å². The van der Waals surface area contributed by atoms with Crippen LogP contribution in [0.1, 0.15) is 11.3 Å². The molecular formula is C21H24ClN3O7. The van der Waals surface area contributed by atoms with Crippen LogP contribution in [0.3, 0.4) is 0 Å². The number of aromatic nitrogens is 2. The number of H-pyrrole nitrogens is 1. The van der Waals surface area contributed by atoms with E-state index in [1.807, 2.05) is 25.2 Å². The summed E-state index contributed by atoms with van der Waals surface area (Å²) >= 11 is 0. The summed E-state index contributed by atoms with van der Waals surface area (Å²) in [7, 11) is 3.62. The van der Waals surface area contributed by atoms with Crippen molar-refractivity contribution >= 4 is 29.5 Å². The lowest BCUT2D eigenvalue weighted by atomic mass is 10.0. The molecule has 0 saturated carbocycles. The summed E-state index contributed by atoms with van der Waals surface area (Å²) in [5.74, 6) is -0.568. The summed E-state index contributed by atoms with van der Waals surface area (Å²) in [6, 6.07) is 5.83. The van der Waals surface area contributed by atoms with Crippen molar-refractivity contribution in [2.45, 2.75) is 13.0 Å². The number of aryl methyl sites for hydroxylation is 1. The highest BCUT2D eigenvalue weighted by Gasteiger charge is 2.26. The van der Waals surface area contributed by atoms with Gasteiger partial charge in [0.2, 0.25) is 5.75 Å².